The second-order valence-electron chi connectivity index (χ2n) is 7.27. The predicted molar refractivity (Wildman–Crippen MR) is 89.0 cm³/mol. The van der Waals surface area contributed by atoms with E-state index >= 15 is 0 Å². The zero-order chi connectivity index (χ0) is 16.2. The lowest BCUT2D eigenvalue weighted by atomic mass is 9.96. The Morgan fingerprint density at radius 1 is 0.957 bits per heavy atom. The quantitative estimate of drug-likeness (QED) is 0.758. The van der Waals surface area contributed by atoms with Crippen molar-refractivity contribution in [2.75, 3.05) is 39.8 Å². The molecule has 0 radical (unpaired) electrons. The molecule has 2 aliphatic heterocycles. The van der Waals surface area contributed by atoms with E-state index in [1.165, 1.54) is 12.8 Å². The first-order valence-corrected chi connectivity index (χ1v) is 9.13. The number of nitrogens with one attached hydrogen (secondary N) is 2. The molecule has 2 amide bonds. The van der Waals surface area contributed by atoms with Gasteiger partial charge >= 0.3 is 0 Å². The number of piperidine rings is 2. The first-order chi connectivity index (χ1) is 11.2. The first kappa shape index (κ1) is 16.7. The van der Waals surface area contributed by atoms with Crippen molar-refractivity contribution in [3.05, 3.63) is 0 Å². The maximum absolute atomic E-state index is 12.2. The average molecular weight is 322 g/mol. The third kappa shape index (κ3) is 4.67. The molecule has 23 heavy (non-hydrogen) atoms. The van der Waals surface area contributed by atoms with E-state index in [2.05, 4.69) is 20.4 Å². The summed E-state index contributed by atoms with van der Waals surface area (Å²) in [5, 5.41) is 5.92. The minimum absolute atomic E-state index is 0.117. The summed E-state index contributed by atoms with van der Waals surface area (Å²) in [4.78, 5) is 28.6. The lowest BCUT2D eigenvalue weighted by Gasteiger charge is -2.34. The van der Waals surface area contributed by atoms with E-state index in [1.54, 1.807) is 7.05 Å². The molecule has 0 aromatic carbocycles. The Morgan fingerprint density at radius 3 is 2.17 bits per heavy atom. The monoisotopic (exact) mass is 322 g/mol. The third-order valence-corrected chi connectivity index (χ3v) is 5.53. The normalized spacial score (nSPS) is 25.3. The van der Waals surface area contributed by atoms with Gasteiger partial charge in [0, 0.05) is 38.1 Å². The Kier molecular flexibility index (Phi) is 5.54. The zero-order valence-corrected chi connectivity index (χ0v) is 14.2. The fourth-order valence-electron chi connectivity index (χ4n) is 3.88. The van der Waals surface area contributed by atoms with Gasteiger partial charge in [-0.05, 0) is 51.6 Å². The molecule has 2 saturated heterocycles. The maximum atomic E-state index is 12.2. The van der Waals surface area contributed by atoms with Crippen LogP contribution in [0.4, 0.5) is 0 Å². The van der Waals surface area contributed by atoms with Gasteiger partial charge in [0.1, 0.15) is 0 Å². The lowest BCUT2D eigenvalue weighted by molar-refractivity contribution is -0.126. The van der Waals surface area contributed by atoms with Crippen LogP contribution >= 0.6 is 0 Å². The van der Waals surface area contributed by atoms with E-state index < -0.39 is 0 Å². The largest absolute Gasteiger partial charge is 0.359 e. The highest BCUT2D eigenvalue weighted by molar-refractivity contribution is 5.79. The van der Waals surface area contributed by atoms with Gasteiger partial charge in [-0.25, -0.2) is 0 Å². The summed E-state index contributed by atoms with van der Waals surface area (Å²) in [7, 11) is 1.69. The van der Waals surface area contributed by atoms with Gasteiger partial charge in [0.15, 0.2) is 0 Å². The number of rotatable bonds is 5. The van der Waals surface area contributed by atoms with Gasteiger partial charge in [-0.15, -0.1) is 0 Å². The van der Waals surface area contributed by atoms with Crippen LogP contribution in [0.1, 0.15) is 38.5 Å². The van der Waals surface area contributed by atoms with Crippen molar-refractivity contribution >= 4 is 11.8 Å². The van der Waals surface area contributed by atoms with Crippen molar-refractivity contribution in [2.24, 2.45) is 5.92 Å². The van der Waals surface area contributed by atoms with Gasteiger partial charge < -0.3 is 15.5 Å². The van der Waals surface area contributed by atoms with E-state index in [1.807, 2.05) is 0 Å². The Balaban J connectivity index is 1.33. The van der Waals surface area contributed by atoms with Crippen molar-refractivity contribution < 1.29 is 9.59 Å². The fourth-order valence-corrected chi connectivity index (χ4v) is 3.88. The molecule has 130 valence electrons. The molecular weight excluding hydrogens is 292 g/mol. The molecule has 0 bridgehead atoms. The molecule has 1 aliphatic carbocycles. The molecular formula is C17H30N4O2. The van der Waals surface area contributed by atoms with Crippen LogP contribution in [0.3, 0.4) is 0 Å². The molecule has 2 heterocycles. The highest BCUT2D eigenvalue weighted by atomic mass is 16.2. The maximum Gasteiger partial charge on any atom is 0.234 e. The number of carbonyl (C=O) groups is 2. The van der Waals surface area contributed by atoms with Gasteiger partial charge in [-0.2, -0.15) is 0 Å². The lowest BCUT2D eigenvalue weighted by Crippen LogP contribution is -2.49. The van der Waals surface area contributed by atoms with Gasteiger partial charge in [-0.3, -0.25) is 14.5 Å². The summed E-state index contributed by atoms with van der Waals surface area (Å²) in [6, 6.07) is 1.19. The van der Waals surface area contributed by atoms with Crippen LogP contribution in [-0.2, 0) is 9.59 Å². The second kappa shape index (κ2) is 7.62. The molecule has 0 spiro atoms. The van der Waals surface area contributed by atoms with Crippen molar-refractivity contribution in [3.63, 3.8) is 0 Å². The molecule has 0 atom stereocenters. The smallest absolute Gasteiger partial charge is 0.234 e. The number of hydrogen-bond donors (Lipinski definition) is 2. The van der Waals surface area contributed by atoms with Crippen LogP contribution in [0.25, 0.3) is 0 Å². The van der Waals surface area contributed by atoms with Gasteiger partial charge in [0.25, 0.3) is 0 Å². The summed E-state index contributed by atoms with van der Waals surface area (Å²) >= 11 is 0. The summed E-state index contributed by atoms with van der Waals surface area (Å²) in [6.45, 7) is 4.42. The molecule has 0 aromatic heterocycles. The summed E-state index contributed by atoms with van der Waals surface area (Å²) < 4.78 is 0. The summed E-state index contributed by atoms with van der Waals surface area (Å²) in [5.74, 6) is 0.399. The van der Waals surface area contributed by atoms with Gasteiger partial charge in [0.05, 0.1) is 6.54 Å². The molecule has 3 rings (SSSR count). The number of carbonyl (C=O) groups excluding carboxylic acids is 2. The van der Waals surface area contributed by atoms with Crippen molar-refractivity contribution in [1.82, 2.24) is 20.4 Å². The summed E-state index contributed by atoms with van der Waals surface area (Å²) in [6.07, 6.45) is 6.60. The van der Waals surface area contributed by atoms with Crippen molar-refractivity contribution in [3.8, 4) is 0 Å². The van der Waals surface area contributed by atoms with E-state index in [0.717, 1.165) is 57.9 Å². The molecule has 0 unspecified atom stereocenters. The third-order valence-electron chi connectivity index (χ3n) is 5.53. The molecule has 1 saturated carbocycles. The van der Waals surface area contributed by atoms with Crippen LogP contribution in [0.5, 0.6) is 0 Å². The SMILES string of the molecule is CNC(=O)C1CCN(CC(=O)NC2CCN(C3CC3)CC2)CC1. The number of hydrogen-bond acceptors (Lipinski definition) is 4. The van der Waals surface area contributed by atoms with Crippen molar-refractivity contribution in [2.45, 2.75) is 50.6 Å². The number of amides is 2. The molecule has 3 fully saturated rings. The molecule has 2 N–H and O–H groups in total. The van der Waals surface area contributed by atoms with E-state index in [4.69, 9.17) is 0 Å². The Labute approximate surface area is 139 Å². The van der Waals surface area contributed by atoms with Crippen LogP contribution in [0, 0.1) is 5.92 Å². The second-order valence-corrected chi connectivity index (χ2v) is 7.27. The van der Waals surface area contributed by atoms with Gasteiger partial charge in [0.2, 0.25) is 11.8 Å². The fraction of sp³-hybridized carbons (Fsp3) is 0.882. The van der Waals surface area contributed by atoms with Crippen LogP contribution in [-0.4, -0.2) is 73.5 Å². The minimum Gasteiger partial charge on any atom is -0.359 e. The van der Waals surface area contributed by atoms with Gasteiger partial charge in [-0.1, -0.05) is 0 Å². The average Bonchev–Trinajstić information content (AvgIpc) is 3.40. The molecule has 6 heteroatoms. The highest BCUT2D eigenvalue weighted by Gasteiger charge is 2.32. The zero-order valence-electron chi connectivity index (χ0n) is 14.2. The van der Waals surface area contributed by atoms with Crippen LogP contribution in [0.15, 0.2) is 0 Å². The Hall–Kier alpha value is -1.14. The highest BCUT2D eigenvalue weighted by Crippen LogP contribution is 2.29. The Morgan fingerprint density at radius 2 is 1.61 bits per heavy atom. The van der Waals surface area contributed by atoms with E-state index in [9.17, 15) is 9.59 Å². The number of nitrogens with zero attached hydrogens (tertiary/aromatic N) is 2. The van der Waals surface area contributed by atoms with Crippen molar-refractivity contribution in [1.29, 1.82) is 0 Å². The first-order valence-electron chi connectivity index (χ1n) is 9.13. The van der Waals surface area contributed by atoms with Crippen LogP contribution < -0.4 is 10.6 Å². The topological polar surface area (TPSA) is 64.7 Å². The molecule has 6 nitrogen and oxygen atoms in total. The minimum atomic E-state index is 0.117. The Bertz CT molecular complexity index is 422. The standard InChI is InChI=1S/C17H30N4O2/c1-18-17(23)13-4-8-20(9-5-13)12-16(22)19-14-6-10-21(11-7-14)15-2-3-15/h13-15H,2-12H2,1H3,(H,18,23)(H,19,22). The molecule has 3 aliphatic rings. The molecule has 0 aromatic rings. The predicted octanol–water partition coefficient (Wildman–Crippen LogP) is 0.187. The van der Waals surface area contributed by atoms with E-state index in [-0.39, 0.29) is 17.7 Å². The van der Waals surface area contributed by atoms with E-state index in [0.29, 0.717) is 12.6 Å². The number of likely N-dealkylation sites (tertiary alicyclic amines) is 2. The van der Waals surface area contributed by atoms with Crippen LogP contribution in [0.2, 0.25) is 0 Å². The summed E-state index contributed by atoms with van der Waals surface area (Å²) in [5.41, 5.74) is 0.